The van der Waals surface area contributed by atoms with E-state index in [4.69, 9.17) is 17.0 Å². The average Bonchev–Trinajstić information content (AvgIpc) is 2.59. The molecule has 2 rings (SSSR count). The number of amides is 1. The van der Waals surface area contributed by atoms with Gasteiger partial charge in [-0.1, -0.05) is 50.2 Å². The molecule has 0 bridgehead atoms. The van der Waals surface area contributed by atoms with Gasteiger partial charge in [0.05, 0.1) is 6.61 Å². The molecule has 0 saturated carbocycles. The maximum atomic E-state index is 12.3. The van der Waals surface area contributed by atoms with Crippen molar-refractivity contribution in [3.05, 3.63) is 65.7 Å². The summed E-state index contributed by atoms with van der Waals surface area (Å²) in [5, 5.41) is 6.01. The highest BCUT2D eigenvalue weighted by Gasteiger charge is 2.09. The molecule has 0 aliphatic heterocycles. The molecule has 2 N–H and O–H groups in total. The van der Waals surface area contributed by atoms with Crippen molar-refractivity contribution < 1.29 is 9.53 Å². The molecular weight excluding hydrogens is 320 g/mol. The number of rotatable bonds is 6. The van der Waals surface area contributed by atoms with Crippen LogP contribution in [0.2, 0.25) is 0 Å². The highest BCUT2D eigenvalue weighted by Crippen LogP contribution is 2.14. The Morgan fingerprint density at radius 1 is 1.12 bits per heavy atom. The largest absolute Gasteiger partial charge is 0.493 e. The second-order valence-electron chi connectivity index (χ2n) is 5.86. The maximum Gasteiger partial charge on any atom is 0.257 e. The number of hydrogen-bond donors (Lipinski definition) is 2. The third-order valence-corrected chi connectivity index (χ3v) is 3.45. The van der Waals surface area contributed by atoms with E-state index in [1.54, 1.807) is 18.2 Å². The SMILES string of the molecule is CC(C)COc1cccc(C(=O)NC(=S)NCc2ccccc2)c1. The van der Waals surface area contributed by atoms with Gasteiger partial charge in [-0.25, -0.2) is 0 Å². The lowest BCUT2D eigenvalue weighted by molar-refractivity contribution is 0.0976. The van der Waals surface area contributed by atoms with Crippen LogP contribution in [0, 0.1) is 5.92 Å². The van der Waals surface area contributed by atoms with Gasteiger partial charge >= 0.3 is 0 Å². The van der Waals surface area contributed by atoms with Gasteiger partial charge < -0.3 is 10.1 Å². The van der Waals surface area contributed by atoms with Crippen molar-refractivity contribution in [3.8, 4) is 5.75 Å². The Bertz CT molecular complexity index is 687. The summed E-state index contributed by atoms with van der Waals surface area (Å²) >= 11 is 5.17. The number of thiocarbonyl (C=S) groups is 1. The minimum atomic E-state index is -0.254. The number of ether oxygens (including phenoxy) is 1. The van der Waals surface area contributed by atoms with Gasteiger partial charge in [-0.05, 0) is 41.9 Å². The van der Waals surface area contributed by atoms with Crippen molar-refractivity contribution in [1.29, 1.82) is 0 Å². The molecule has 0 saturated heterocycles. The van der Waals surface area contributed by atoms with Crippen LogP contribution < -0.4 is 15.4 Å². The van der Waals surface area contributed by atoms with Gasteiger partial charge in [0.25, 0.3) is 5.91 Å². The van der Waals surface area contributed by atoms with E-state index in [-0.39, 0.29) is 5.91 Å². The van der Waals surface area contributed by atoms with Gasteiger partial charge in [-0.3, -0.25) is 10.1 Å². The number of carbonyl (C=O) groups excluding carboxylic acids is 1. The lowest BCUT2D eigenvalue weighted by Gasteiger charge is -2.11. The Labute approximate surface area is 148 Å². The zero-order valence-corrected chi connectivity index (χ0v) is 14.7. The van der Waals surface area contributed by atoms with Gasteiger partial charge in [-0.15, -0.1) is 0 Å². The second-order valence-corrected chi connectivity index (χ2v) is 6.26. The Morgan fingerprint density at radius 2 is 1.88 bits per heavy atom. The maximum absolute atomic E-state index is 12.3. The predicted molar refractivity (Wildman–Crippen MR) is 100 cm³/mol. The molecule has 0 radical (unpaired) electrons. The van der Waals surface area contributed by atoms with Crippen molar-refractivity contribution in [2.75, 3.05) is 6.61 Å². The fraction of sp³-hybridized carbons (Fsp3) is 0.263. The number of nitrogens with one attached hydrogen (secondary N) is 2. The number of carbonyl (C=O) groups is 1. The van der Waals surface area contributed by atoms with Crippen molar-refractivity contribution in [2.45, 2.75) is 20.4 Å². The molecule has 126 valence electrons. The summed E-state index contributed by atoms with van der Waals surface area (Å²) in [7, 11) is 0. The fourth-order valence-corrected chi connectivity index (χ4v) is 2.15. The van der Waals surface area contributed by atoms with E-state index in [0.717, 1.165) is 5.56 Å². The highest BCUT2D eigenvalue weighted by molar-refractivity contribution is 7.80. The van der Waals surface area contributed by atoms with E-state index < -0.39 is 0 Å². The standard InChI is InChI=1S/C19H22N2O2S/c1-14(2)13-23-17-10-6-9-16(11-17)18(22)21-19(24)20-12-15-7-4-3-5-8-15/h3-11,14H,12-13H2,1-2H3,(H2,20,21,22,24). The van der Waals surface area contributed by atoms with Crippen LogP contribution in [-0.2, 0) is 6.54 Å². The Hall–Kier alpha value is -2.40. The minimum absolute atomic E-state index is 0.254. The molecule has 0 unspecified atom stereocenters. The Balaban J connectivity index is 1.87. The van der Waals surface area contributed by atoms with E-state index >= 15 is 0 Å². The average molecular weight is 342 g/mol. The molecule has 0 aliphatic rings. The summed E-state index contributed by atoms with van der Waals surface area (Å²) in [6.07, 6.45) is 0. The van der Waals surface area contributed by atoms with Crippen LogP contribution >= 0.6 is 12.2 Å². The molecule has 0 atom stereocenters. The third kappa shape index (κ3) is 6.01. The van der Waals surface area contributed by atoms with Crippen LogP contribution in [0.4, 0.5) is 0 Å². The summed E-state index contributed by atoms with van der Waals surface area (Å²) in [6.45, 7) is 5.33. The Kier molecular flexibility index (Phi) is 6.75. The van der Waals surface area contributed by atoms with E-state index in [2.05, 4.69) is 24.5 Å². The van der Waals surface area contributed by atoms with Gasteiger partial charge in [0.1, 0.15) is 5.75 Å². The molecule has 2 aromatic carbocycles. The van der Waals surface area contributed by atoms with Crippen LogP contribution in [0.25, 0.3) is 0 Å². The first-order valence-corrected chi connectivity index (χ1v) is 8.31. The van der Waals surface area contributed by atoms with E-state index in [1.165, 1.54) is 0 Å². The van der Waals surface area contributed by atoms with Crippen LogP contribution in [0.1, 0.15) is 29.8 Å². The van der Waals surface area contributed by atoms with Crippen molar-refractivity contribution in [2.24, 2.45) is 5.92 Å². The summed E-state index contributed by atoms with van der Waals surface area (Å²) in [5.41, 5.74) is 1.61. The zero-order chi connectivity index (χ0) is 17.4. The Morgan fingerprint density at radius 3 is 2.58 bits per heavy atom. The fourth-order valence-electron chi connectivity index (χ4n) is 1.99. The molecule has 24 heavy (non-hydrogen) atoms. The van der Waals surface area contributed by atoms with Crippen LogP contribution in [0.5, 0.6) is 5.75 Å². The van der Waals surface area contributed by atoms with Crippen LogP contribution in [0.3, 0.4) is 0 Å². The quantitative estimate of drug-likeness (QED) is 0.789. The first kappa shape index (κ1) is 17.9. The number of benzene rings is 2. The van der Waals surface area contributed by atoms with Gasteiger partial charge in [-0.2, -0.15) is 0 Å². The molecule has 1 amide bonds. The van der Waals surface area contributed by atoms with Gasteiger partial charge in [0.2, 0.25) is 0 Å². The van der Waals surface area contributed by atoms with E-state index in [0.29, 0.717) is 35.5 Å². The zero-order valence-electron chi connectivity index (χ0n) is 13.9. The van der Waals surface area contributed by atoms with Gasteiger partial charge in [0, 0.05) is 12.1 Å². The van der Waals surface area contributed by atoms with Crippen molar-refractivity contribution >= 4 is 23.2 Å². The van der Waals surface area contributed by atoms with Crippen LogP contribution in [-0.4, -0.2) is 17.6 Å². The molecule has 0 heterocycles. The summed E-state index contributed by atoms with van der Waals surface area (Å²) in [4.78, 5) is 12.3. The molecule has 4 nitrogen and oxygen atoms in total. The molecule has 0 aliphatic carbocycles. The van der Waals surface area contributed by atoms with Crippen molar-refractivity contribution in [3.63, 3.8) is 0 Å². The molecule has 0 spiro atoms. The van der Waals surface area contributed by atoms with Crippen molar-refractivity contribution in [1.82, 2.24) is 10.6 Å². The lowest BCUT2D eigenvalue weighted by atomic mass is 10.2. The monoisotopic (exact) mass is 342 g/mol. The molecule has 2 aromatic rings. The highest BCUT2D eigenvalue weighted by atomic mass is 32.1. The summed E-state index contributed by atoms with van der Waals surface area (Å²) < 4.78 is 5.64. The lowest BCUT2D eigenvalue weighted by Crippen LogP contribution is -2.38. The first-order valence-electron chi connectivity index (χ1n) is 7.90. The predicted octanol–water partition coefficient (Wildman–Crippen LogP) is 3.53. The minimum Gasteiger partial charge on any atom is -0.493 e. The topological polar surface area (TPSA) is 50.4 Å². The second kappa shape index (κ2) is 9.03. The molecule has 5 heteroatoms. The molecule has 0 fully saturated rings. The van der Waals surface area contributed by atoms with E-state index in [1.807, 2.05) is 36.4 Å². The summed E-state index contributed by atoms with van der Waals surface area (Å²) in [6, 6.07) is 16.9. The summed E-state index contributed by atoms with van der Waals surface area (Å²) in [5.74, 6) is 0.854. The van der Waals surface area contributed by atoms with Gasteiger partial charge in [0.15, 0.2) is 5.11 Å². The first-order chi connectivity index (χ1) is 11.5. The molecular formula is C19H22N2O2S. The van der Waals surface area contributed by atoms with E-state index in [9.17, 15) is 4.79 Å². The third-order valence-electron chi connectivity index (χ3n) is 3.20. The smallest absolute Gasteiger partial charge is 0.257 e. The normalized spacial score (nSPS) is 10.3. The van der Waals surface area contributed by atoms with Crippen LogP contribution in [0.15, 0.2) is 54.6 Å². The number of hydrogen-bond acceptors (Lipinski definition) is 3. The molecule has 0 aromatic heterocycles.